The van der Waals surface area contributed by atoms with Crippen LogP contribution in [0, 0.1) is 10.1 Å². The average Bonchev–Trinajstić information content (AvgIpc) is 2.78. The molecule has 0 fully saturated rings. The molecule has 0 unspecified atom stereocenters. The second-order valence-electron chi connectivity index (χ2n) is 2.90. The van der Waals surface area contributed by atoms with E-state index < -0.39 is 4.92 Å². The fourth-order valence-electron chi connectivity index (χ4n) is 1.17. The molecule has 0 aliphatic heterocycles. The van der Waals surface area contributed by atoms with Crippen molar-refractivity contribution in [2.75, 3.05) is 0 Å². The molecule has 2 heterocycles. The lowest BCUT2D eigenvalue weighted by atomic mass is 10.3. The van der Waals surface area contributed by atoms with Crippen molar-refractivity contribution < 1.29 is 9.34 Å². The molecule has 0 N–H and O–H groups in total. The predicted molar refractivity (Wildman–Crippen MR) is 56.5 cm³/mol. The van der Waals surface area contributed by atoms with Crippen molar-refractivity contribution in [3.63, 3.8) is 0 Å². The van der Waals surface area contributed by atoms with E-state index in [-0.39, 0.29) is 5.88 Å². The molecule has 2 aromatic heterocycles. The van der Waals surface area contributed by atoms with Crippen LogP contribution in [0.3, 0.4) is 0 Å². The van der Waals surface area contributed by atoms with Crippen LogP contribution in [-0.2, 0) is 0 Å². The quantitative estimate of drug-likeness (QED) is 0.581. The smallest absolute Gasteiger partial charge is 0.399 e. The van der Waals surface area contributed by atoms with Gasteiger partial charge in [-0.2, -0.15) is 0 Å². The van der Waals surface area contributed by atoms with Gasteiger partial charge in [-0.15, -0.1) is 0 Å². The Kier molecular flexibility index (Phi) is 2.47. The molecule has 0 saturated heterocycles. The van der Waals surface area contributed by atoms with Crippen LogP contribution in [-0.4, -0.2) is 14.9 Å². The van der Waals surface area contributed by atoms with E-state index >= 15 is 0 Å². The van der Waals surface area contributed by atoms with Gasteiger partial charge in [-0.1, -0.05) is 6.58 Å². The Hall–Kier alpha value is -2.50. The van der Waals surface area contributed by atoms with Crippen molar-refractivity contribution in [3.05, 3.63) is 46.9 Å². The van der Waals surface area contributed by atoms with Gasteiger partial charge in [-0.3, -0.25) is 10.1 Å². The monoisotopic (exact) mass is 217 g/mol. The molecule has 0 bridgehead atoms. The second kappa shape index (κ2) is 3.93. The summed E-state index contributed by atoms with van der Waals surface area (Å²) < 4.78 is 5.01. The summed E-state index contributed by atoms with van der Waals surface area (Å²) in [5, 5.41) is 10.4. The summed E-state index contributed by atoms with van der Waals surface area (Å²) >= 11 is 0. The molecule has 0 aliphatic rings. The van der Waals surface area contributed by atoms with Gasteiger partial charge in [-0.05, 0) is 18.2 Å². The molecule has 80 valence electrons. The fourth-order valence-corrected chi connectivity index (χ4v) is 1.17. The minimum absolute atomic E-state index is 0.311. The number of nitrogens with zero attached hydrogens (tertiary/aromatic N) is 3. The van der Waals surface area contributed by atoms with Crippen molar-refractivity contribution in [3.8, 4) is 11.5 Å². The lowest BCUT2D eigenvalue weighted by Crippen LogP contribution is -1.88. The Bertz CT molecular complexity index is 548. The number of aromatic nitrogens is 2. The first kappa shape index (κ1) is 10.0. The highest BCUT2D eigenvalue weighted by Crippen LogP contribution is 2.24. The highest BCUT2D eigenvalue weighted by molar-refractivity contribution is 5.54. The summed E-state index contributed by atoms with van der Waals surface area (Å²) in [6, 6.07) is 4.38. The fraction of sp³-hybridized carbons (Fsp3) is 0. The zero-order chi connectivity index (χ0) is 11.5. The highest BCUT2D eigenvalue weighted by Gasteiger charge is 2.13. The van der Waals surface area contributed by atoms with Gasteiger partial charge in [0.05, 0.1) is 6.07 Å². The van der Waals surface area contributed by atoms with Gasteiger partial charge >= 0.3 is 5.88 Å². The van der Waals surface area contributed by atoms with Crippen molar-refractivity contribution in [2.45, 2.75) is 0 Å². The third kappa shape index (κ3) is 1.81. The van der Waals surface area contributed by atoms with Gasteiger partial charge < -0.3 is 4.42 Å². The summed E-state index contributed by atoms with van der Waals surface area (Å²) in [5.41, 5.74) is 0.484. The SMILES string of the molecule is C=Cc1nccc(-c2ccc([N+](=O)[O-])o2)n1. The number of hydrogen-bond acceptors (Lipinski definition) is 5. The van der Waals surface area contributed by atoms with Gasteiger partial charge in [0.15, 0.2) is 11.6 Å². The summed E-state index contributed by atoms with van der Waals surface area (Å²) in [6.07, 6.45) is 3.02. The van der Waals surface area contributed by atoms with E-state index in [2.05, 4.69) is 16.5 Å². The topological polar surface area (TPSA) is 82.1 Å². The molecule has 2 rings (SSSR count). The molecular weight excluding hydrogens is 210 g/mol. The summed E-state index contributed by atoms with van der Waals surface area (Å²) in [6.45, 7) is 3.54. The molecule has 0 radical (unpaired) electrons. The van der Waals surface area contributed by atoms with Crippen LogP contribution >= 0.6 is 0 Å². The minimum Gasteiger partial charge on any atom is -0.399 e. The van der Waals surface area contributed by atoms with E-state index in [4.69, 9.17) is 4.42 Å². The van der Waals surface area contributed by atoms with E-state index in [1.165, 1.54) is 24.4 Å². The Labute approximate surface area is 90.4 Å². The van der Waals surface area contributed by atoms with Gasteiger partial charge in [0.2, 0.25) is 0 Å². The van der Waals surface area contributed by atoms with Crippen LogP contribution in [0.1, 0.15) is 5.82 Å². The van der Waals surface area contributed by atoms with E-state index in [0.717, 1.165) is 0 Å². The average molecular weight is 217 g/mol. The molecule has 2 aromatic rings. The summed E-state index contributed by atoms with van der Waals surface area (Å²) in [5.74, 6) is 0.461. The predicted octanol–water partition coefficient (Wildman–Crippen LogP) is 2.29. The van der Waals surface area contributed by atoms with Crippen molar-refractivity contribution in [1.82, 2.24) is 9.97 Å². The molecule has 16 heavy (non-hydrogen) atoms. The maximum Gasteiger partial charge on any atom is 0.433 e. The molecule has 0 spiro atoms. The van der Waals surface area contributed by atoms with Crippen molar-refractivity contribution in [1.29, 1.82) is 0 Å². The number of furan rings is 1. The molecule has 0 amide bonds. The highest BCUT2D eigenvalue weighted by atomic mass is 16.6. The Morgan fingerprint density at radius 2 is 2.25 bits per heavy atom. The Morgan fingerprint density at radius 3 is 2.88 bits per heavy atom. The third-order valence-electron chi connectivity index (χ3n) is 1.88. The summed E-state index contributed by atoms with van der Waals surface area (Å²) in [7, 11) is 0. The summed E-state index contributed by atoms with van der Waals surface area (Å²) in [4.78, 5) is 17.8. The van der Waals surface area contributed by atoms with Crippen LogP contribution in [0.15, 0.2) is 35.4 Å². The van der Waals surface area contributed by atoms with Crippen LogP contribution in [0.25, 0.3) is 17.5 Å². The van der Waals surface area contributed by atoms with Gasteiger partial charge in [0.1, 0.15) is 10.6 Å². The van der Waals surface area contributed by atoms with Crippen LogP contribution in [0.5, 0.6) is 0 Å². The van der Waals surface area contributed by atoms with E-state index in [0.29, 0.717) is 17.3 Å². The molecule has 0 aliphatic carbocycles. The van der Waals surface area contributed by atoms with E-state index in [1.807, 2.05) is 0 Å². The molecule has 6 nitrogen and oxygen atoms in total. The first-order chi connectivity index (χ1) is 7.70. The lowest BCUT2D eigenvalue weighted by Gasteiger charge is -1.95. The van der Waals surface area contributed by atoms with Crippen LogP contribution in [0.4, 0.5) is 5.88 Å². The molecule has 0 atom stereocenters. The van der Waals surface area contributed by atoms with E-state index in [9.17, 15) is 10.1 Å². The third-order valence-corrected chi connectivity index (χ3v) is 1.88. The van der Waals surface area contributed by atoms with E-state index in [1.54, 1.807) is 6.07 Å². The Balaban J connectivity index is 2.42. The Morgan fingerprint density at radius 1 is 1.44 bits per heavy atom. The lowest BCUT2D eigenvalue weighted by molar-refractivity contribution is -0.401. The maximum atomic E-state index is 10.4. The largest absolute Gasteiger partial charge is 0.433 e. The zero-order valence-electron chi connectivity index (χ0n) is 8.16. The normalized spacial score (nSPS) is 10.0. The van der Waals surface area contributed by atoms with Gasteiger partial charge in [0.25, 0.3) is 0 Å². The number of rotatable bonds is 3. The van der Waals surface area contributed by atoms with Crippen LogP contribution < -0.4 is 0 Å². The van der Waals surface area contributed by atoms with Crippen LogP contribution in [0.2, 0.25) is 0 Å². The zero-order valence-corrected chi connectivity index (χ0v) is 8.16. The molecule has 0 aromatic carbocycles. The molecule has 6 heteroatoms. The minimum atomic E-state index is -0.598. The molecular formula is C10H7N3O3. The van der Waals surface area contributed by atoms with Crippen molar-refractivity contribution in [2.24, 2.45) is 0 Å². The maximum absolute atomic E-state index is 10.4. The first-order valence-electron chi connectivity index (χ1n) is 4.41. The van der Waals surface area contributed by atoms with Gasteiger partial charge in [0, 0.05) is 6.20 Å². The first-order valence-corrected chi connectivity index (χ1v) is 4.41. The second-order valence-corrected chi connectivity index (χ2v) is 2.90. The standard InChI is InChI=1S/C10H7N3O3/c1-2-9-11-6-5-7(12-9)8-3-4-10(16-8)13(14)15/h2-6H,1H2. The van der Waals surface area contributed by atoms with Gasteiger partial charge in [-0.25, -0.2) is 9.97 Å². The molecule has 0 saturated carbocycles. The number of nitro groups is 1. The number of hydrogen-bond donors (Lipinski definition) is 0. The van der Waals surface area contributed by atoms with Crippen molar-refractivity contribution >= 4 is 12.0 Å².